The van der Waals surface area contributed by atoms with Crippen LogP contribution in [0.2, 0.25) is 0 Å². The number of fused-ring (bicyclic) bond motifs is 1. The molecule has 0 fully saturated rings. The summed E-state index contributed by atoms with van der Waals surface area (Å²) >= 11 is 1.71. The van der Waals surface area contributed by atoms with Gasteiger partial charge in [0.15, 0.2) is 0 Å². The molecule has 0 unspecified atom stereocenters. The highest BCUT2D eigenvalue weighted by molar-refractivity contribution is 7.09. The molecule has 1 aliphatic heterocycles. The summed E-state index contributed by atoms with van der Waals surface area (Å²) in [6, 6.07) is 7.88. The van der Waals surface area contributed by atoms with Crippen LogP contribution in [0.4, 0.5) is 5.95 Å². The first-order chi connectivity index (χ1) is 12.8. The summed E-state index contributed by atoms with van der Waals surface area (Å²) < 4.78 is 1.96. The summed E-state index contributed by atoms with van der Waals surface area (Å²) in [5, 5.41) is 9.49. The second-order valence-electron chi connectivity index (χ2n) is 6.23. The zero-order valence-electron chi connectivity index (χ0n) is 14.3. The Labute approximate surface area is 155 Å². The normalized spacial score (nSPS) is 16.3. The molecule has 0 aromatic carbocycles. The lowest BCUT2D eigenvalue weighted by molar-refractivity contribution is -0.121. The van der Waals surface area contributed by atoms with Crippen LogP contribution < -0.4 is 10.2 Å². The number of thiophene rings is 1. The predicted molar refractivity (Wildman–Crippen MR) is 100.0 cm³/mol. The fourth-order valence-corrected chi connectivity index (χ4v) is 3.92. The fourth-order valence-electron chi connectivity index (χ4n) is 3.21. The number of amides is 1. The summed E-state index contributed by atoms with van der Waals surface area (Å²) in [7, 11) is 0. The van der Waals surface area contributed by atoms with Crippen molar-refractivity contribution in [1.29, 1.82) is 0 Å². The maximum absolute atomic E-state index is 12.4. The standard InChI is InChI=1S/C18H20N6OS/c25-17(19-8-5-16-3-1-10-26-16)11-15-13-23(18-20-6-2-7-21-18)12-14-4-9-22-24(14)15/h1-4,6-7,9-10,15H,5,8,11-13H2,(H,19,25)/t15-/m0/s1. The largest absolute Gasteiger partial charge is 0.356 e. The molecule has 7 nitrogen and oxygen atoms in total. The molecule has 0 radical (unpaired) electrons. The van der Waals surface area contributed by atoms with E-state index in [0.717, 1.165) is 12.1 Å². The maximum Gasteiger partial charge on any atom is 0.225 e. The van der Waals surface area contributed by atoms with Gasteiger partial charge < -0.3 is 10.2 Å². The smallest absolute Gasteiger partial charge is 0.225 e. The molecule has 0 saturated carbocycles. The van der Waals surface area contributed by atoms with E-state index in [4.69, 9.17) is 0 Å². The van der Waals surface area contributed by atoms with E-state index in [2.05, 4.69) is 36.7 Å². The third-order valence-electron chi connectivity index (χ3n) is 4.41. The lowest BCUT2D eigenvalue weighted by Gasteiger charge is -2.33. The molecule has 26 heavy (non-hydrogen) atoms. The van der Waals surface area contributed by atoms with E-state index < -0.39 is 0 Å². The van der Waals surface area contributed by atoms with Crippen LogP contribution in [-0.4, -0.2) is 38.7 Å². The van der Waals surface area contributed by atoms with Gasteiger partial charge in [-0.25, -0.2) is 9.97 Å². The minimum absolute atomic E-state index is 0.0284. The van der Waals surface area contributed by atoms with Crippen LogP contribution in [0, 0.1) is 0 Å². The molecule has 0 bridgehead atoms. The third kappa shape index (κ3) is 3.75. The van der Waals surface area contributed by atoms with Crippen LogP contribution >= 0.6 is 11.3 Å². The van der Waals surface area contributed by atoms with E-state index >= 15 is 0 Å². The van der Waals surface area contributed by atoms with Crippen LogP contribution in [0.25, 0.3) is 0 Å². The van der Waals surface area contributed by atoms with E-state index in [1.165, 1.54) is 4.88 Å². The van der Waals surface area contributed by atoms with Crippen molar-refractivity contribution in [2.24, 2.45) is 0 Å². The van der Waals surface area contributed by atoms with Crippen molar-refractivity contribution in [3.63, 3.8) is 0 Å². The predicted octanol–water partition coefficient (Wildman–Crippen LogP) is 2.04. The third-order valence-corrected chi connectivity index (χ3v) is 5.35. The lowest BCUT2D eigenvalue weighted by Crippen LogP contribution is -2.41. The molecule has 0 aliphatic carbocycles. The number of aromatic nitrogens is 4. The molecule has 3 aromatic rings. The summed E-state index contributed by atoms with van der Waals surface area (Å²) in [4.78, 5) is 24.5. The first-order valence-electron chi connectivity index (χ1n) is 8.63. The van der Waals surface area contributed by atoms with E-state index in [-0.39, 0.29) is 11.9 Å². The van der Waals surface area contributed by atoms with Gasteiger partial charge in [0.1, 0.15) is 0 Å². The molecule has 134 valence electrons. The number of nitrogens with one attached hydrogen (secondary N) is 1. The minimum atomic E-state index is -0.0284. The van der Waals surface area contributed by atoms with E-state index in [1.807, 2.05) is 16.8 Å². The SMILES string of the molecule is O=C(C[C@H]1CN(c2ncccn2)Cc2ccnn21)NCCc1cccs1. The molecule has 1 N–H and O–H groups in total. The van der Waals surface area contributed by atoms with Gasteiger partial charge in [0, 0.05) is 36.6 Å². The minimum Gasteiger partial charge on any atom is -0.356 e. The summed E-state index contributed by atoms with van der Waals surface area (Å²) in [6.45, 7) is 2.01. The number of carbonyl (C=O) groups excluding carboxylic acids is 1. The number of nitrogens with zero attached hydrogens (tertiary/aromatic N) is 5. The monoisotopic (exact) mass is 368 g/mol. The molecule has 0 spiro atoms. The van der Waals surface area contributed by atoms with Crippen LogP contribution in [0.5, 0.6) is 0 Å². The highest BCUT2D eigenvalue weighted by Gasteiger charge is 2.28. The van der Waals surface area contributed by atoms with Gasteiger partial charge in [0.05, 0.1) is 24.7 Å². The zero-order valence-corrected chi connectivity index (χ0v) is 15.1. The van der Waals surface area contributed by atoms with Crippen molar-refractivity contribution in [2.75, 3.05) is 18.0 Å². The van der Waals surface area contributed by atoms with Crippen LogP contribution in [0.15, 0.2) is 48.2 Å². The highest BCUT2D eigenvalue weighted by atomic mass is 32.1. The number of hydrogen-bond acceptors (Lipinski definition) is 6. The average Bonchev–Trinajstić information content (AvgIpc) is 3.34. The van der Waals surface area contributed by atoms with Crippen molar-refractivity contribution in [3.05, 3.63) is 58.8 Å². The van der Waals surface area contributed by atoms with Crippen molar-refractivity contribution < 1.29 is 4.79 Å². The molecule has 1 amide bonds. The Morgan fingerprint density at radius 3 is 2.92 bits per heavy atom. The van der Waals surface area contributed by atoms with Gasteiger partial charge in [-0.3, -0.25) is 9.48 Å². The van der Waals surface area contributed by atoms with Crippen LogP contribution in [-0.2, 0) is 17.8 Å². The van der Waals surface area contributed by atoms with Gasteiger partial charge >= 0.3 is 0 Å². The Bertz CT molecular complexity index is 848. The molecule has 3 aromatic heterocycles. The van der Waals surface area contributed by atoms with Crippen molar-refractivity contribution in [1.82, 2.24) is 25.1 Å². The van der Waals surface area contributed by atoms with Gasteiger partial charge in [0.25, 0.3) is 0 Å². The van der Waals surface area contributed by atoms with Gasteiger partial charge in [-0.15, -0.1) is 11.3 Å². The Hall–Kier alpha value is -2.74. The molecule has 8 heteroatoms. The van der Waals surface area contributed by atoms with Gasteiger partial charge in [-0.1, -0.05) is 6.07 Å². The van der Waals surface area contributed by atoms with E-state index in [1.54, 1.807) is 36.0 Å². The summed E-state index contributed by atoms with van der Waals surface area (Å²) in [6.07, 6.45) is 6.51. The molecule has 1 aliphatic rings. The second-order valence-corrected chi connectivity index (χ2v) is 7.27. The first kappa shape index (κ1) is 16.7. The molecule has 1 atom stereocenters. The van der Waals surface area contributed by atoms with Crippen LogP contribution in [0.3, 0.4) is 0 Å². The number of carbonyl (C=O) groups is 1. The van der Waals surface area contributed by atoms with Gasteiger partial charge in [-0.2, -0.15) is 5.10 Å². The van der Waals surface area contributed by atoms with E-state index in [9.17, 15) is 4.79 Å². The molecule has 4 rings (SSSR count). The molecular weight excluding hydrogens is 348 g/mol. The van der Waals surface area contributed by atoms with Gasteiger partial charge in [-0.05, 0) is 30.0 Å². The Morgan fingerprint density at radius 1 is 1.23 bits per heavy atom. The Kier molecular flexibility index (Phi) is 4.92. The van der Waals surface area contributed by atoms with Crippen LogP contribution in [0.1, 0.15) is 23.0 Å². The second kappa shape index (κ2) is 7.65. The lowest BCUT2D eigenvalue weighted by atomic mass is 10.1. The molecule has 4 heterocycles. The number of hydrogen-bond donors (Lipinski definition) is 1. The number of anilines is 1. The Morgan fingerprint density at radius 2 is 2.12 bits per heavy atom. The van der Waals surface area contributed by atoms with Crippen molar-refractivity contribution in [3.8, 4) is 0 Å². The van der Waals surface area contributed by atoms with Crippen molar-refractivity contribution >= 4 is 23.2 Å². The topological polar surface area (TPSA) is 75.9 Å². The zero-order chi connectivity index (χ0) is 17.8. The van der Waals surface area contributed by atoms with E-state index in [0.29, 0.717) is 32.0 Å². The average molecular weight is 368 g/mol. The Balaban J connectivity index is 1.39. The quantitative estimate of drug-likeness (QED) is 0.721. The first-order valence-corrected chi connectivity index (χ1v) is 9.51. The summed E-state index contributed by atoms with van der Waals surface area (Å²) in [5.41, 5.74) is 1.07. The van der Waals surface area contributed by atoms with Gasteiger partial charge in [0.2, 0.25) is 11.9 Å². The van der Waals surface area contributed by atoms with Crippen molar-refractivity contribution in [2.45, 2.75) is 25.4 Å². The molecule has 0 saturated heterocycles. The number of rotatable bonds is 6. The summed E-state index contributed by atoms with van der Waals surface area (Å²) in [5.74, 6) is 0.729. The fraction of sp³-hybridized carbons (Fsp3) is 0.333. The molecular formula is C18H20N6OS. The highest BCUT2D eigenvalue weighted by Crippen LogP contribution is 2.25. The maximum atomic E-state index is 12.4.